The molecular formula is C34H52N2O5S. The van der Waals surface area contributed by atoms with Gasteiger partial charge in [-0.2, -0.15) is 11.8 Å². The molecule has 3 N–H and O–H groups in total. The predicted octanol–water partition coefficient (Wildman–Crippen LogP) is 6.55. The van der Waals surface area contributed by atoms with E-state index in [0.29, 0.717) is 29.9 Å². The average Bonchev–Trinajstić information content (AvgIpc) is 3.47. The van der Waals surface area contributed by atoms with Gasteiger partial charge in [-0.05, 0) is 92.0 Å². The second-order valence-corrected chi connectivity index (χ2v) is 11.7. The van der Waals surface area contributed by atoms with E-state index in [4.69, 9.17) is 9.84 Å². The van der Waals surface area contributed by atoms with Crippen LogP contribution in [-0.4, -0.2) is 77.4 Å². The minimum absolute atomic E-state index is 0.344. The van der Waals surface area contributed by atoms with Gasteiger partial charge in [-0.25, -0.2) is 4.79 Å². The molecule has 7 nitrogen and oxygen atoms in total. The zero-order valence-corrected chi connectivity index (χ0v) is 27.0. The van der Waals surface area contributed by atoms with Crippen molar-refractivity contribution in [2.75, 3.05) is 32.3 Å². The number of carboxylic acid groups (broad SMARTS) is 1. The normalized spacial score (nSPS) is 17.8. The van der Waals surface area contributed by atoms with Gasteiger partial charge in [-0.15, -0.1) is 0 Å². The number of aliphatic carboxylic acids is 1. The lowest BCUT2D eigenvalue weighted by Gasteiger charge is -2.28. The largest absolute Gasteiger partial charge is 0.480 e. The lowest BCUT2D eigenvalue weighted by molar-refractivity contribution is -0.139. The summed E-state index contributed by atoms with van der Waals surface area (Å²) in [6, 6.07) is 13.6. The number of hydrogen-bond acceptors (Lipinski definition) is 6. The molecule has 1 aliphatic heterocycles. The number of benzene rings is 2. The van der Waals surface area contributed by atoms with E-state index in [2.05, 4.69) is 16.3 Å². The van der Waals surface area contributed by atoms with Gasteiger partial charge in [0.05, 0.1) is 12.7 Å². The molecule has 0 aromatic heterocycles. The van der Waals surface area contributed by atoms with E-state index in [0.717, 1.165) is 55.5 Å². The Bertz CT molecular complexity index is 1090. The quantitative estimate of drug-likeness (QED) is 0.254. The standard InChI is InChI=1S/C31H42N2O4S.C2H6.CH4O/c1-22-9-6-7-13-26(22)28-19-23(14-15-27(28)30(34)32-29(31(35)36)16-18-38-2)20-33-17-8-10-24(33)21-37-25-11-4-3-5-12-25;2*1-2/h6-7,9,13-15,19,24-25,29H,3-5,8,10-12,16-18,20-21H2,1-2H3,(H,32,34)(H,35,36);1-2H3;2H,1H3. The number of thioether (sulfide) groups is 1. The highest BCUT2D eigenvalue weighted by atomic mass is 32.2. The average molecular weight is 601 g/mol. The molecule has 1 aliphatic carbocycles. The van der Waals surface area contributed by atoms with Crippen molar-refractivity contribution in [3.8, 4) is 11.1 Å². The number of aryl methyl sites for hydroxylation is 1. The smallest absolute Gasteiger partial charge is 0.326 e. The van der Waals surface area contributed by atoms with E-state index in [-0.39, 0.29) is 5.91 Å². The van der Waals surface area contributed by atoms with Crippen LogP contribution in [0.15, 0.2) is 42.5 Å². The minimum Gasteiger partial charge on any atom is -0.480 e. The van der Waals surface area contributed by atoms with Crippen molar-refractivity contribution in [1.82, 2.24) is 10.2 Å². The van der Waals surface area contributed by atoms with Crippen LogP contribution in [0.5, 0.6) is 0 Å². The van der Waals surface area contributed by atoms with E-state index >= 15 is 0 Å². The summed E-state index contributed by atoms with van der Waals surface area (Å²) in [6.07, 6.45) is 11.4. The van der Waals surface area contributed by atoms with E-state index in [1.165, 1.54) is 38.5 Å². The number of carbonyl (C=O) groups is 2. The van der Waals surface area contributed by atoms with Crippen molar-refractivity contribution in [2.24, 2.45) is 0 Å². The number of aliphatic hydroxyl groups excluding tert-OH is 1. The molecule has 2 atom stereocenters. The summed E-state index contributed by atoms with van der Waals surface area (Å²) in [6.45, 7) is 8.70. The van der Waals surface area contributed by atoms with Crippen molar-refractivity contribution in [3.63, 3.8) is 0 Å². The summed E-state index contributed by atoms with van der Waals surface area (Å²) in [7, 11) is 1.00. The fourth-order valence-electron chi connectivity index (χ4n) is 5.72. The number of rotatable bonds is 12. The van der Waals surface area contributed by atoms with Crippen molar-refractivity contribution >= 4 is 23.6 Å². The SMILES string of the molecule is CC.CO.CSCCC(NC(=O)c1ccc(CN2CCCC2COC2CCCCC2)cc1-c1ccccc1C)C(=O)O. The molecule has 2 aromatic rings. The Morgan fingerprint density at radius 1 is 1.02 bits per heavy atom. The Hall–Kier alpha value is -2.39. The molecule has 2 aromatic carbocycles. The molecule has 1 amide bonds. The summed E-state index contributed by atoms with van der Waals surface area (Å²) >= 11 is 1.57. The maximum Gasteiger partial charge on any atom is 0.326 e. The van der Waals surface area contributed by atoms with Crippen LogP contribution in [0, 0.1) is 6.92 Å². The first kappa shape index (κ1) is 35.8. The first-order chi connectivity index (χ1) is 20.5. The highest BCUT2D eigenvalue weighted by Gasteiger charge is 2.27. The van der Waals surface area contributed by atoms with Crippen LogP contribution < -0.4 is 5.32 Å². The number of aliphatic hydroxyl groups is 1. The van der Waals surface area contributed by atoms with E-state index < -0.39 is 12.0 Å². The Morgan fingerprint density at radius 3 is 2.40 bits per heavy atom. The van der Waals surface area contributed by atoms with Crippen LogP contribution in [-0.2, 0) is 16.1 Å². The van der Waals surface area contributed by atoms with Gasteiger partial charge >= 0.3 is 5.97 Å². The summed E-state index contributed by atoms with van der Waals surface area (Å²) in [5.41, 5.74) is 4.59. The second kappa shape index (κ2) is 19.7. The third kappa shape index (κ3) is 10.7. The molecule has 2 aliphatic rings. The van der Waals surface area contributed by atoms with E-state index in [9.17, 15) is 14.7 Å². The zero-order valence-electron chi connectivity index (χ0n) is 26.2. The molecule has 0 spiro atoms. The molecule has 8 heteroatoms. The minimum atomic E-state index is -1.00. The molecule has 2 unspecified atom stereocenters. The van der Waals surface area contributed by atoms with Gasteiger partial charge in [-0.3, -0.25) is 9.69 Å². The Balaban J connectivity index is 0.00000148. The fraction of sp³-hybridized carbons (Fsp3) is 0.588. The van der Waals surface area contributed by atoms with Crippen LogP contribution in [0.2, 0.25) is 0 Å². The van der Waals surface area contributed by atoms with E-state index in [1.54, 1.807) is 11.8 Å². The topological polar surface area (TPSA) is 99.1 Å². The number of nitrogens with zero attached hydrogens (tertiary/aromatic N) is 1. The van der Waals surface area contributed by atoms with Gasteiger partial charge in [-0.1, -0.05) is 63.4 Å². The molecule has 1 heterocycles. The molecule has 0 bridgehead atoms. The summed E-state index contributed by atoms with van der Waals surface area (Å²) in [4.78, 5) is 27.7. The van der Waals surface area contributed by atoms with Crippen LogP contribution in [0.25, 0.3) is 11.1 Å². The van der Waals surface area contributed by atoms with Crippen LogP contribution >= 0.6 is 11.8 Å². The molecule has 4 rings (SSSR count). The fourth-order valence-corrected chi connectivity index (χ4v) is 6.19. The van der Waals surface area contributed by atoms with Crippen molar-refractivity contribution in [2.45, 2.75) is 96.9 Å². The van der Waals surface area contributed by atoms with Crippen LogP contribution in [0.1, 0.15) is 86.7 Å². The molecule has 1 saturated carbocycles. The van der Waals surface area contributed by atoms with Gasteiger partial charge < -0.3 is 20.3 Å². The lowest BCUT2D eigenvalue weighted by Crippen LogP contribution is -2.41. The molecule has 1 saturated heterocycles. The van der Waals surface area contributed by atoms with Crippen molar-refractivity contribution in [1.29, 1.82) is 0 Å². The first-order valence-electron chi connectivity index (χ1n) is 15.5. The highest BCUT2D eigenvalue weighted by Crippen LogP contribution is 2.30. The monoisotopic (exact) mass is 600 g/mol. The van der Waals surface area contributed by atoms with Gasteiger partial charge in [0, 0.05) is 25.3 Å². The summed E-state index contributed by atoms with van der Waals surface area (Å²) in [5, 5.41) is 19.4. The maximum absolute atomic E-state index is 13.4. The maximum atomic E-state index is 13.4. The van der Waals surface area contributed by atoms with Gasteiger partial charge in [0.25, 0.3) is 5.91 Å². The van der Waals surface area contributed by atoms with Crippen molar-refractivity contribution in [3.05, 3.63) is 59.2 Å². The number of hydrogen-bond donors (Lipinski definition) is 3. The number of nitrogens with one attached hydrogen (secondary N) is 1. The summed E-state index contributed by atoms with van der Waals surface area (Å²) in [5.74, 6) is -0.678. The number of likely N-dealkylation sites (tertiary alicyclic amines) is 1. The number of carbonyl (C=O) groups excluding carboxylic acids is 1. The molecule has 2 fully saturated rings. The van der Waals surface area contributed by atoms with Crippen LogP contribution in [0.4, 0.5) is 0 Å². The van der Waals surface area contributed by atoms with Crippen molar-refractivity contribution < 1.29 is 24.5 Å². The van der Waals surface area contributed by atoms with Gasteiger partial charge in [0.1, 0.15) is 6.04 Å². The number of carboxylic acids is 1. The summed E-state index contributed by atoms with van der Waals surface area (Å²) < 4.78 is 6.33. The zero-order chi connectivity index (χ0) is 30.9. The van der Waals surface area contributed by atoms with E-state index in [1.807, 2.05) is 63.4 Å². The molecular weight excluding hydrogens is 548 g/mol. The Kier molecular flexibility index (Phi) is 16.8. The Labute approximate surface area is 257 Å². The van der Waals surface area contributed by atoms with Crippen LogP contribution in [0.3, 0.4) is 0 Å². The van der Waals surface area contributed by atoms with Gasteiger partial charge in [0.15, 0.2) is 0 Å². The number of ether oxygens (including phenoxy) is 1. The molecule has 234 valence electrons. The highest BCUT2D eigenvalue weighted by molar-refractivity contribution is 7.98. The first-order valence-corrected chi connectivity index (χ1v) is 16.9. The molecule has 0 radical (unpaired) electrons. The third-order valence-corrected chi connectivity index (χ3v) is 8.58. The van der Waals surface area contributed by atoms with Gasteiger partial charge in [0.2, 0.25) is 0 Å². The Morgan fingerprint density at radius 2 is 1.74 bits per heavy atom. The number of amides is 1. The lowest BCUT2D eigenvalue weighted by atomic mass is 9.93. The predicted molar refractivity (Wildman–Crippen MR) is 174 cm³/mol. The third-order valence-electron chi connectivity index (χ3n) is 7.94. The second-order valence-electron chi connectivity index (χ2n) is 10.7. The molecule has 42 heavy (non-hydrogen) atoms.